The van der Waals surface area contributed by atoms with Crippen LogP contribution in [0, 0.1) is 6.92 Å². The molecule has 102 valence electrons. The minimum absolute atomic E-state index is 0.0819. The fourth-order valence-corrected chi connectivity index (χ4v) is 1.99. The van der Waals surface area contributed by atoms with Gasteiger partial charge in [-0.3, -0.25) is 0 Å². The summed E-state index contributed by atoms with van der Waals surface area (Å²) in [6.07, 6.45) is 0. The normalized spacial score (nSPS) is 11.6. The molecule has 0 aliphatic rings. The quantitative estimate of drug-likeness (QED) is 0.866. The molecule has 19 heavy (non-hydrogen) atoms. The van der Waals surface area contributed by atoms with E-state index in [0.717, 1.165) is 27.8 Å². The number of nitrogens with zero attached hydrogens (tertiary/aromatic N) is 2. The number of halogens is 1. The van der Waals surface area contributed by atoms with Crippen molar-refractivity contribution in [3.63, 3.8) is 0 Å². The van der Waals surface area contributed by atoms with Crippen LogP contribution in [0.2, 0.25) is 0 Å². The largest absolute Gasteiger partial charge is 0.465 e. The lowest BCUT2D eigenvalue weighted by Crippen LogP contribution is -2.17. The molecule has 0 aliphatic carbocycles. The summed E-state index contributed by atoms with van der Waals surface area (Å²) < 4.78 is 6.30. The number of nitrogens with one attached hydrogen (secondary N) is 1. The summed E-state index contributed by atoms with van der Waals surface area (Å²) in [6.45, 7) is 8.82. The predicted octanol–water partition coefficient (Wildman–Crippen LogP) is 4.05. The highest BCUT2D eigenvalue weighted by molar-refractivity contribution is 9.10. The molecular formula is C14H18BrN3O. The zero-order chi connectivity index (χ0) is 14.0. The van der Waals surface area contributed by atoms with E-state index >= 15 is 0 Å². The van der Waals surface area contributed by atoms with Gasteiger partial charge in [0.15, 0.2) is 0 Å². The summed E-state index contributed by atoms with van der Waals surface area (Å²) in [5.74, 6) is 3.40. The van der Waals surface area contributed by atoms with Gasteiger partial charge >= 0.3 is 0 Å². The number of aryl methyl sites for hydroxylation is 1. The molecular weight excluding hydrogens is 306 g/mol. The van der Waals surface area contributed by atoms with Gasteiger partial charge in [0.05, 0.1) is 6.54 Å². The SMILES string of the molecule is Cc1ccc(CNc2cc(Br)nc(C(C)(C)C)n2)o1. The van der Waals surface area contributed by atoms with Crippen LogP contribution in [-0.4, -0.2) is 9.97 Å². The third-order valence-electron chi connectivity index (χ3n) is 2.61. The first-order valence-corrected chi connectivity index (χ1v) is 6.98. The van der Waals surface area contributed by atoms with Crippen LogP contribution < -0.4 is 5.32 Å². The van der Waals surface area contributed by atoms with Crippen molar-refractivity contribution < 1.29 is 4.42 Å². The first kappa shape index (κ1) is 14.1. The molecule has 0 radical (unpaired) electrons. The molecule has 0 fully saturated rings. The van der Waals surface area contributed by atoms with E-state index in [4.69, 9.17) is 4.42 Å². The Bertz CT molecular complexity index is 572. The van der Waals surface area contributed by atoms with Crippen molar-refractivity contribution in [2.45, 2.75) is 39.7 Å². The topological polar surface area (TPSA) is 51.0 Å². The molecule has 0 aromatic carbocycles. The zero-order valence-corrected chi connectivity index (χ0v) is 13.2. The number of rotatable bonds is 3. The lowest BCUT2D eigenvalue weighted by molar-refractivity contribution is 0.490. The van der Waals surface area contributed by atoms with Crippen LogP contribution >= 0.6 is 15.9 Å². The van der Waals surface area contributed by atoms with Gasteiger partial charge in [-0.05, 0) is 35.0 Å². The minimum atomic E-state index is -0.0819. The molecule has 0 aliphatic heterocycles. The first-order valence-electron chi connectivity index (χ1n) is 6.19. The maximum atomic E-state index is 5.52. The van der Waals surface area contributed by atoms with Gasteiger partial charge in [0.1, 0.15) is 27.8 Å². The van der Waals surface area contributed by atoms with E-state index in [1.807, 2.05) is 25.1 Å². The van der Waals surface area contributed by atoms with Crippen molar-refractivity contribution >= 4 is 21.7 Å². The average Bonchev–Trinajstić information content (AvgIpc) is 2.71. The van der Waals surface area contributed by atoms with Crippen LogP contribution in [0.4, 0.5) is 5.82 Å². The highest BCUT2D eigenvalue weighted by atomic mass is 79.9. The van der Waals surface area contributed by atoms with Crippen LogP contribution in [0.3, 0.4) is 0 Å². The fourth-order valence-electron chi connectivity index (χ4n) is 1.60. The first-order chi connectivity index (χ1) is 8.84. The molecule has 0 saturated carbocycles. The number of anilines is 1. The molecule has 0 spiro atoms. The van der Waals surface area contributed by atoms with E-state index < -0.39 is 0 Å². The van der Waals surface area contributed by atoms with Crippen molar-refractivity contribution in [3.05, 3.63) is 40.1 Å². The van der Waals surface area contributed by atoms with Crippen LogP contribution in [0.15, 0.2) is 27.2 Å². The number of hydrogen-bond donors (Lipinski definition) is 1. The van der Waals surface area contributed by atoms with Crippen molar-refractivity contribution in [1.29, 1.82) is 0 Å². The lowest BCUT2D eigenvalue weighted by atomic mass is 9.96. The highest BCUT2D eigenvalue weighted by Gasteiger charge is 2.18. The molecule has 5 heteroatoms. The Labute approximate surface area is 121 Å². The van der Waals surface area contributed by atoms with E-state index in [9.17, 15) is 0 Å². The predicted molar refractivity (Wildman–Crippen MR) is 79.2 cm³/mol. The Morgan fingerprint density at radius 1 is 1.26 bits per heavy atom. The van der Waals surface area contributed by atoms with Gasteiger partial charge in [-0.1, -0.05) is 20.8 Å². The summed E-state index contributed by atoms with van der Waals surface area (Å²) in [7, 11) is 0. The molecule has 2 rings (SSSR count). The third-order valence-corrected chi connectivity index (χ3v) is 3.01. The molecule has 2 heterocycles. The molecule has 0 bridgehead atoms. The molecule has 0 unspecified atom stereocenters. The van der Waals surface area contributed by atoms with Gasteiger partial charge in [0.25, 0.3) is 0 Å². The zero-order valence-electron chi connectivity index (χ0n) is 11.6. The molecule has 4 nitrogen and oxygen atoms in total. The lowest BCUT2D eigenvalue weighted by Gasteiger charge is -2.17. The molecule has 0 atom stereocenters. The third kappa shape index (κ3) is 3.80. The van der Waals surface area contributed by atoms with E-state index in [1.54, 1.807) is 0 Å². The Kier molecular flexibility index (Phi) is 3.94. The summed E-state index contributed by atoms with van der Waals surface area (Å²) in [4.78, 5) is 8.94. The molecule has 2 aromatic heterocycles. The number of furan rings is 1. The second kappa shape index (κ2) is 5.33. The molecule has 1 N–H and O–H groups in total. The van der Waals surface area contributed by atoms with Crippen LogP contribution in [0.25, 0.3) is 0 Å². The van der Waals surface area contributed by atoms with Gasteiger partial charge in [-0.2, -0.15) is 0 Å². The second-order valence-corrected chi connectivity index (χ2v) is 6.33. The van der Waals surface area contributed by atoms with Crippen molar-refractivity contribution in [2.75, 3.05) is 5.32 Å². The van der Waals surface area contributed by atoms with Crippen LogP contribution in [-0.2, 0) is 12.0 Å². The second-order valence-electron chi connectivity index (χ2n) is 5.52. The molecule has 0 saturated heterocycles. The Morgan fingerprint density at radius 3 is 2.58 bits per heavy atom. The average molecular weight is 324 g/mol. The maximum Gasteiger partial charge on any atom is 0.137 e. The number of aromatic nitrogens is 2. The molecule has 2 aromatic rings. The van der Waals surface area contributed by atoms with E-state index in [-0.39, 0.29) is 5.41 Å². The van der Waals surface area contributed by atoms with Crippen LogP contribution in [0.5, 0.6) is 0 Å². The van der Waals surface area contributed by atoms with Gasteiger partial charge in [0, 0.05) is 11.5 Å². The monoisotopic (exact) mass is 323 g/mol. The van der Waals surface area contributed by atoms with Gasteiger partial charge in [-0.25, -0.2) is 9.97 Å². The Balaban J connectivity index is 2.14. The van der Waals surface area contributed by atoms with E-state index in [1.165, 1.54) is 0 Å². The van der Waals surface area contributed by atoms with Gasteiger partial charge in [0.2, 0.25) is 0 Å². The van der Waals surface area contributed by atoms with Crippen molar-refractivity contribution in [1.82, 2.24) is 9.97 Å². The summed E-state index contributed by atoms with van der Waals surface area (Å²) in [6, 6.07) is 5.78. The van der Waals surface area contributed by atoms with E-state index in [2.05, 4.69) is 52.0 Å². The summed E-state index contributed by atoms with van der Waals surface area (Å²) in [5, 5.41) is 3.25. The van der Waals surface area contributed by atoms with Gasteiger partial charge < -0.3 is 9.73 Å². The smallest absolute Gasteiger partial charge is 0.137 e. The standard InChI is InChI=1S/C14H18BrN3O/c1-9-5-6-10(19-9)8-16-12-7-11(15)17-13(18-12)14(2,3)4/h5-7H,8H2,1-4H3,(H,16,17,18). The maximum absolute atomic E-state index is 5.52. The van der Waals surface area contributed by atoms with Gasteiger partial charge in [-0.15, -0.1) is 0 Å². The van der Waals surface area contributed by atoms with Crippen molar-refractivity contribution in [3.8, 4) is 0 Å². The summed E-state index contributed by atoms with van der Waals surface area (Å²) in [5.41, 5.74) is -0.0819. The Morgan fingerprint density at radius 2 is 2.00 bits per heavy atom. The highest BCUT2D eigenvalue weighted by Crippen LogP contribution is 2.22. The minimum Gasteiger partial charge on any atom is -0.465 e. The van der Waals surface area contributed by atoms with Crippen LogP contribution in [0.1, 0.15) is 38.1 Å². The van der Waals surface area contributed by atoms with E-state index in [0.29, 0.717) is 6.54 Å². The summed E-state index contributed by atoms with van der Waals surface area (Å²) >= 11 is 3.42. The Hall–Kier alpha value is -1.36. The number of hydrogen-bond acceptors (Lipinski definition) is 4. The fraction of sp³-hybridized carbons (Fsp3) is 0.429. The molecule has 0 amide bonds. The van der Waals surface area contributed by atoms with Crippen molar-refractivity contribution in [2.24, 2.45) is 0 Å².